The molecule has 0 N–H and O–H groups in total. The van der Waals surface area contributed by atoms with Crippen molar-refractivity contribution in [1.29, 1.82) is 0 Å². The number of likely N-dealkylation sites (N-methyl/N-ethyl adjacent to an activating group) is 4. The second-order valence-electron chi connectivity index (χ2n) is 9.30. The van der Waals surface area contributed by atoms with Crippen molar-refractivity contribution in [2.45, 2.75) is 27.7 Å². The molecule has 0 aromatic rings. The van der Waals surface area contributed by atoms with E-state index in [9.17, 15) is 19.2 Å². The minimum Gasteiger partial charge on any atom is -0.285 e. The first-order valence-corrected chi connectivity index (χ1v) is 15.5. The smallest absolute Gasteiger partial charge is 0.285 e. The maximum Gasteiger partial charge on any atom is 2.00 e. The van der Waals surface area contributed by atoms with Crippen LogP contribution in [0.2, 0.25) is 0 Å². The molecule has 4 amide bonds. The zero-order valence-corrected chi connectivity index (χ0v) is 29.4. The third kappa shape index (κ3) is 9.14. The Morgan fingerprint density at radius 3 is 1.04 bits per heavy atom. The van der Waals surface area contributed by atoms with Gasteiger partial charge in [-0.15, -0.1) is 0 Å². The van der Waals surface area contributed by atoms with E-state index < -0.39 is 0 Å². The van der Waals surface area contributed by atoms with Gasteiger partial charge in [-0.1, -0.05) is 23.2 Å². The summed E-state index contributed by atoms with van der Waals surface area (Å²) in [6.45, 7) is 8.93. The van der Waals surface area contributed by atoms with Crippen molar-refractivity contribution in [1.82, 2.24) is 19.6 Å². The van der Waals surface area contributed by atoms with Crippen molar-refractivity contribution in [2.75, 3.05) is 26.2 Å². The summed E-state index contributed by atoms with van der Waals surface area (Å²) in [5, 5.41) is 1.45. The number of halogens is 2. The van der Waals surface area contributed by atoms with Gasteiger partial charge in [0.15, 0.2) is 10.2 Å². The topological polar surface area (TPSA) is 81.2 Å². The van der Waals surface area contributed by atoms with Gasteiger partial charge in [-0.05, 0) is 128 Å². The maximum absolute atomic E-state index is 12.4. The number of carbonyl (C=O) groups excluding carboxylic acids is 4. The first-order valence-electron chi connectivity index (χ1n) is 14.0. The summed E-state index contributed by atoms with van der Waals surface area (Å²) in [4.78, 5) is 55.2. The molecular formula is C32H32Cl2FeN4O4S2+2. The summed E-state index contributed by atoms with van der Waals surface area (Å²) < 4.78 is 0. The van der Waals surface area contributed by atoms with Gasteiger partial charge in [0.25, 0.3) is 23.6 Å². The van der Waals surface area contributed by atoms with Crippen LogP contribution in [0.15, 0.2) is 45.5 Å². The average molecular weight is 728 g/mol. The van der Waals surface area contributed by atoms with Gasteiger partial charge in [-0.25, -0.2) is 0 Å². The van der Waals surface area contributed by atoms with Crippen LogP contribution < -0.4 is 0 Å². The van der Waals surface area contributed by atoms with Crippen LogP contribution in [0.1, 0.15) is 27.7 Å². The van der Waals surface area contributed by atoms with Crippen LogP contribution in [-0.4, -0.2) is 79.6 Å². The molecule has 0 unspecified atom stereocenters. The Kier molecular flexibility index (Phi) is 16.1. The van der Waals surface area contributed by atoms with E-state index in [1.165, 1.54) is 31.8 Å². The number of allylic oxidation sites excluding steroid dienone is 6. The average Bonchev–Trinajstić information content (AvgIpc) is 3.74. The summed E-state index contributed by atoms with van der Waals surface area (Å²) in [7, 11) is 0. The van der Waals surface area contributed by atoms with Crippen molar-refractivity contribution in [3.8, 4) is 0 Å². The van der Waals surface area contributed by atoms with E-state index in [0.717, 1.165) is 11.8 Å². The van der Waals surface area contributed by atoms with Gasteiger partial charge in [0.1, 0.15) is 11.1 Å². The fraction of sp³-hybridized carbons (Fsp3) is 0.250. The van der Waals surface area contributed by atoms with Crippen LogP contribution in [-0.2, 0) is 36.2 Å². The van der Waals surface area contributed by atoms with Gasteiger partial charge in [0, 0.05) is 48.1 Å². The van der Waals surface area contributed by atoms with Gasteiger partial charge < -0.3 is 0 Å². The van der Waals surface area contributed by atoms with E-state index in [4.69, 9.17) is 47.6 Å². The zero-order chi connectivity index (χ0) is 32.6. The minimum atomic E-state index is -0.384. The second-order valence-corrected chi connectivity index (χ2v) is 10.8. The molecule has 0 aromatic heterocycles. The van der Waals surface area contributed by atoms with E-state index in [1.807, 2.05) is 79.1 Å². The number of carbonyl (C=O) groups is 4. The van der Waals surface area contributed by atoms with E-state index in [0.29, 0.717) is 36.2 Å². The molecule has 2 aliphatic heterocycles. The summed E-state index contributed by atoms with van der Waals surface area (Å²) in [5.41, 5.74) is 0.143. The van der Waals surface area contributed by atoms with Gasteiger partial charge in [-0.2, -0.15) is 0 Å². The largest absolute Gasteiger partial charge is 2.00 e. The molecule has 2 heterocycles. The Morgan fingerprint density at radius 2 is 0.822 bits per heavy atom. The van der Waals surface area contributed by atoms with Crippen LogP contribution in [0.3, 0.4) is 0 Å². The number of hydrogen-bond acceptors (Lipinski definition) is 6. The number of thiocarbonyl (C=S) groups is 2. The Morgan fingerprint density at radius 1 is 0.578 bits per heavy atom. The van der Waals surface area contributed by atoms with Gasteiger partial charge >= 0.3 is 17.1 Å². The fourth-order valence-electron chi connectivity index (χ4n) is 4.38. The molecule has 0 aromatic carbocycles. The molecule has 0 bridgehead atoms. The predicted molar refractivity (Wildman–Crippen MR) is 180 cm³/mol. The standard InChI is InChI=1S/2C16H16ClN2O2S.Fe/c2*1-3-18-14(20)12(15(21)19(4-2)16(18)22)9-10-13(17)11-7-5-6-8-11;/h2*5-10H,3-4H2,1-2H3;/q;;+2/b2*13-10-;. The van der Waals surface area contributed by atoms with E-state index in [1.54, 1.807) is 12.2 Å². The molecule has 2 saturated heterocycles. The van der Waals surface area contributed by atoms with Crippen molar-refractivity contribution in [3.63, 3.8) is 0 Å². The van der Waals surface area contributed by atoms with Gasteiger partial charge in [0.2, 0.25) is 0 Å². The Hall–Kier alpha value is -1.88. The molecule has 4 fully saturated rings. The predicted octanol–water partition coefficient (Wildman–Crippen LogP) is 4.87. The summed E-state index contributed by atoms with van der Waals surface area (Å²) in [5.74, 6) is 0.139. The Bertz CT molecular complexity index is 1150. The summed E-state index contributed by atoms with van der Waals surface area (Å²) in [6, 6.07) is 0. The van der Waals surface area contributed by atoms with E-state index in [2.05, 4.69) is 0 Å². The van der Waals surface area contributed by atoms with Crippen LogP contribution >= 0.6 is 47.6 Å². The number of rotatable bonds is 8. The molecule has 236 valence electrons. The molecule has 10 radical (unpaired) electrons. The molecular weight excluding hydrogens is 695 g/mol. The Labute approximate surface area is 298 Å². The molecule has 0 atom stereocenters. The first-order chi connectivity index (χ1) is 21.0. The van der Waals surface area contributed by atoms with Gasteiger partial charge in [-0.3, -0.25) is 38.8 Å². The van der Waals surface area contributed by atoms with Gasteiger partial charge in [0.05, 0.1) is 0 Å². The first kappa shape index (κ1) is 39.3. The van der Waals surface area contributed by atoms with Crippen LogP contribution in [0.25, 0.3) is 0 Å². The molecule has 4 aliphatic rings. The fourth-order valence-corrected chi connectivity index (χ4v) is 5.60. The number of hydrogen-bond donors (Lipinski definition) is 0. The van der Waals surface area contributed by atoms with Crippen LogP contribution in [0.4, 0.5) is 0 Å². The van der Waals surface area contributed by atoms with Crippen molar-refractivity contribution in [2.24, 2.45) is 0 Å². The second kappa shape index (κ2) is 18.5. The maximum atomic E-state index is 12.4. The van der Waals surface area contributed by atoms with Crippen LogP contribution in [0, 0.1) is 63.2 Å². The van der Waals surface area contributed by atoms with E-state index in [-0.39, 0.29) is 62.1 Å². The molecule has 2 aliphatic carbocycles. The minimum absolute atomic E-state index is 0. The zero-order valence-electron chi connectivity index (χ0n) is 25.1. The SMILES string of the molecule is CCN1C(=O)C(=C/C=C(\Cl)[C]2[CH][CH][CH][CH]2)C(=O)N(CC)C1=S.CCN1C(=O)C(=C/C=C(\Cl)[C]2[CH][CH][CH][CH]2)C(=O)N(CC)C1=S.[Fe+2]. The number of amides is 4. The Balaban J connectivity index is 0.000000307. The molecule has 4 rings (SSSR count). The normalized spacial score (nSPS) is 20.7. The van der Waals surface area contributed by atoms with Crippen LogP contribution in [0.5, 0.6) is 0 Å². The number of nitrogens with zero attached hydrogens (tertiary/aromatic N) is 4. The monoisotopic (exact) mass is 726 g/mol. The molecule has 13 heteroatoms. The quantitative estimate of drug-likeness (QED) is 0.154. The van der Waals surface area contributed by atoms with Crippen molar-refractivity contribution in [3.05, 3.63) is 109 Å². The molecule has 45 heavy (non-hydrogen) atoms. The molecule has 2 saturated carbocycles. The third-order valence-electron chi connectivity index (χ3n) is 6.76. The summed E-state index contributed by atoms with van der Waals surface area (Å²) in [6.07, 6.45) is 21.0. The molecule has 8 nitrogen and oxygen atoms in total. The van der Waals surface area contributed by atoms with E-state index >= 15 is 0 Å². The third-order valence-corrected chi connectivity index (χ3v) is 8.33. The molecule has 0 spiro atoms. The van der Waals surface area contributed by atoms with Crippen molar-refractivity contribution < 1.29 is 36.2 Å². The van der Waals surface area contributed by atoms with Crippen molar-refractivity contribution >= 4 is 81.5 Å². The summed E-state index contributed by atoms with van der Waals surface area (Å²) >= 11 is 22.7.